The van der Waals surface area contributed by atoms with E-state index >= 15 is 0 Å². The van der Waals surface area contributed by atoms with Crippen LogP contribution in [0.2, 0.25) is 5.02 Å². The van der Waals surface area contributed by atoms with E-state index in [0.29, 0.717) is 17.4 Å². The second-order valence-corrected chi connectivity index (χ2v) is 6.63. The SMILES string of the molecule is Cc1nn(C)cc1COc1cc(Cl)c2c(CC(=O)O)csc2c1. The number of aromatic nitrogens is 2. The van der Waals surface area contributed by atoms with Gasteiger partial charge in [0.2, 0.25) is 0 Å². The summed E-state index contributed by atoms with van der Waals surface area (Å²) in [6.07, 6.45) is 1.89. The van der Waals surface area contributed by atoms with Gasteiger partial charge in [-0.3, -0.25) is 9.48 Å². The van der Waals surface area contributed by atoms with Gasteiger partial charge in [-0.2, -0.15) is 5.10 Å². The zero-order valence-corrected chi connectivity index (χ0v) is 14.2. The molecule has 0 aliphatic heterocycles. The predicted octanol–water partition coefficient (Wildman–Crippen LogP) is 3.80. The molecule has 3 rings (SSSR count). The summed E-state index contributed by atoms with van der Waals surface area (Å²) in [5, 5.41) is 16.4. The van der Waals surface area contributed by atoms with E-state index in [2.05, 4.69) is 5.10 Å². The first-order valence-electron chi connectivity index (χ1n) is 6.97. The summed E-state index contributed by atoms with van der Waals surface area (Å²) in [6.45, 7) is 2.35. The summed E-state index contributed by atoms with van der Waals surface area (Å²) < 4.78 is 8.49. The zero-order valence-electron chi connectivity index (χ0n) is 12.7. The van der Waals surface area contributed by atoms with Crippen LogP contribution in [0.5, 0.6) is 5.75 Å². The lowest BCUT2D eigenvalue weighted by Crippen LogP contribution is -1.99. The number of carboxylic acids is 1. The van der Waals surface area contributed by atoms with Gasteiger partial charge in [0.1, 0.15) is 12.4 Å². The van der Waals surface area contributed by atoms with Gasteiger partial charge in [0.05, 0.1) is 17.1 Å². The molecule has 2 heterocycles. The topological polar surface area (TPSA) is 64.4 Å². The first-order valence-corrected chi connectivity index (χ1v) is 8.23. The fourth-order valence-electron chi connectivity index (χ4n) is 2.48. The minimum atomic E-state index is -0.867. The Morgan fingerprint density at radius 1 is 1.43 bits per heavy atom. The van der Waals surface area contributed by atoms with Crippen LogP contribution in [-0.4, -0.2) is 20.9 Å². The van der Waals surface area contributed by atoms with E-state index in [1.165, 1.54) is 11.3 Å². The average molecular weight is 351 g/mol. The Hall–Kier alpha value is -2.05. The van der Waals surface area contributed by atoms with Crippen molar-refractivity contribution in [1.82, 2.24) is 9.78 Å². The molecule has 0 saturated heterocycles. The fraction of sp³-hybridized carbons (Fsp3) is 0.250. The molecule has 3 aromatic rings. The Kier molecular flexibility index (Phi) is 4.28. The molecule has 0 unspecified atom stereocenters. The van der Waals surface area contributed by atoms with Crippen molar-refractivity contribution in [3.63, 3.8) is 0 Å². The number of fused-ring (bicyclic) bond motifs is 1. The molecule has 120 valence electrons. The lowest BCUT2D eigenvalue weighted by Gasteiger charge is -2.07. The maximum atomic E-state index is 10.9. The van der Waals surface area contributed by atoms with E-state index < -0.39 is 5.97 Å². The van der Waals surface area contributed by atoms with Gasteiger partial charge in [-0.25, -0.2) is 0 Å². The number of aryl methyl sites for hydroxylation is 2. The predicted molar refractivity (Wildman–Crippen MR) is 90.5 cm³/mol. The molecule has 2 aromatic heterocycles. The van der Waals surface area contributed by atoms with Gasteiger partial charge < -0.3 is 9.84 Å². The van der Waals surface area contributed by atoms with E-state index in [1.807, 2.05) is 31.6 Å². The first kappa shape index (κ1) is 15.8. The maximum absolute atomic E-state index is 10.9. The number of benzene rings is 1. The minimum absolute atomic E-state index is 0.0329. The number of thiophene rings is 1. The van der Waals surface area contributed by atoms with Crippen molar-refractivity contribution < 1.29 is 14.6 Å². The Balaban J connectivity index is 1.85. The van der Waals surface area contributed by atoms with Crippen molar-refractivity contribution in [2.75, 3.05) is 0 Å². The summed E-state index contributed by atoms with van der Waals surface area (Å²) in [6, 6.07) is 3.62. The monoisotopic (exact) mass is 350 g/mol. The highest BCUT2D eigenvalue weighted by Gasteiger charge is 2.13. The van der Waals surface area contributed by atoms with Crippen LogP contribution < -0.4 is 4.74 Å². The molecule has 23 heavy (non-hydrogen) atoms. The Morgan fingerprint density at radius 3 is 2.87 bits per heavy atom. The number of carboxylic acid groups (broad SMARTS) is 1. The first-order chi connectivity index (χ1) is 10.9. The molecule has 7 heteroatoms. The summed E-state index contributed by atoms with van der Waals surface area (Å²) >= 11 is 7.80. The Bertz CT molecular complexity index is 885. The lowest BCUT2D eigenvalue weighted by molar-refractivity contribution is -0.136. The summed E-state index contributed by atoms with van der Waals surface area (Å²) in [5.74, 6) is -0.206. The Labute approximate surface area is 142 Å². The van der Waals surface area contributed by atoms with Crippen LogP contribution in [0.3, 0.4) is 0 Å². The average Bonchev–Trinajstić information content (AvgIpc) is 2.99. The summed E-state index contributed by atoms with van der Waals surface area (Å²) in [5.41, 5.74) is 2.68. The largest absolute Gasteiger partial charge is 0.489 e. The number of rotatable bonds is 5. The highest BCUT2D eigenvalue weighted by Crippen LogP contribution is 2.36. The normalized spacial score (nSPS) is 11.1. The van der Waals surface area contributed by atoms with Crippen LogP contribution in [0.4, 0.5) is 0 Å². The molecular weight excluding hydrogens is 336 g/mol. The standard InChI is InChI=1S/C16H15ClN2O3S/c1-9-11(6-19(2)18-9)7-22-12-4-13(17)16-10(3-15(20)21)8-23-14(16)5-12/h4-6,8H,3,7H2,1-2H3,(H,20,21). The number of halogens is 1. The molecule has 0 fully saturated rings. The van der Waals surface area contributed by atoms with Gasteiger partial charge in [0, 0.05) is 28.9 Å². The van der Waals surface area contributed by atoms with E-state index in [4.69, 9.17) is 21.4 Å². The van der Waals surface area contributed by atoms with E-state index in [-0.39, 0.29) is 6.42 Å². The van der Waals surface area contributed by atoms with Crippen molar-refractivity contribution >= 4 is 39.0 Å². The maximum Gasteiger partial charge on any atom is 0.307 e. The van der Waals surface area contributed by atoms with Crippen LogP contribution in [0.1, 0.15) is 16.8 Å². The zero-order chi connectivity index (χ0) is 16.6. The molecule has 5 nitrogen and oxygen atoms in total. The lowest BCUT2D eigenvalue weighted by atomic mass is 10.1. The minimum Gasteiger partial charge on any atom is -0.489 e. The van der Waals surface area contributed by atoms with Crippen molar-refractivity contribution in [2.24, 2.45) is 7.05 Å². The number of carbonyl (C=O) groups is 1. The molecule has 0 radical (unpaired) electrons. The van der Waals surface area contributed by atoms with Gasteiger partial charge in [-0.1, -0.05) is 11.6 Å². The number of aliphatic carboxylic acids is 1. The summed E-state index contributed by atoms with van der Waals surface area (Å²) in [4.78, 5) is 10.9. The summed E-state index contributed by atoms with van der Waals surface area (Å²) in [7, 11) is 1.87. The molecular formula is C16H15ClN2O3S. The fourth-order valence-corrected chi connectivity index (χ4v) is 3.88. The van der Waals surface area contributed by atoms with Gasteiger partial charge >= 0.3 is 5.97 Å². The smallest absolute Gasteiger partial charge is 0.307 e. The number of hydrogen-bond donors (Lipinski definition) is 1. The van der Waals surface area contributed by atoms with Crippen molar-refractivity contribution in [3.8, 4) is 5.75 Å². The number of nitrogens with zero attached hydrogens (tertiary/aromatic N) is 2. The van der Waals surface area contributed by atoms with Gasteiger partial charge in [-0.15, -0.1) is 11.3 Å². The second kappa shape index (κ2) is 6.22. The third-order valence-electron chi connectivity index (χ3n) is 3.53. The molecule has 0 aliphatic rings. The second-order valence-electron chi connectivity index (χ2n) is 5.31. The third kappa shape index (κ3) is 3.33. The third-order valence-corrected chi connectivity index (χ3v) is 4.80. The molecule has 1 N–H and O–H groups in total. The van der Waals surface area contributed by atoms with Crippen molar-refractivity contribution in [1.29, 1.82) is 0 Å². The highest BCUT2D eigenvalue weighted by atomic mass is 35.5. The molecule has 0 bridgehead atoms. The molecule has 0 spiro atoms. The van der Waals surface area contributed by atoms with Gasteiger partial charge in [-0.05, 0) is 30.0 Å². The van der Waals surface area contributed by atoms with Crippen LogP contribution in [0.15, 0.2) is 23.7 Å². The quantitative estimate of drug-likeness (QED) is 0.760. The van der Waals surface area contributed by atoms with Gasteiger partial charge in [0.25, 0.3) is 0 Å². The van der Waals surface area contributed by atoms with E-state index in [0.717, 1.165) is 26.9 Å². The van der Waals surface area contributed by atoms with E-state index in [9.17, 15) is 4.79 Å². The number of hydrogen-bond acceptors (Lipinski definition) is 4. The van der Waals surface area contributed by atoms with Crippen LogP contribution in [-0.2, 0) is 24.9 Å². The van der Waals surface area contributed by atoms with Crippen LogP contribution in [0, 0.1) is 6.92 Å². The molecule has 0 saturated carbocycles. The van der Waals surface area contributed by atoms with Gasteiger partial charge in [0.15, 0.2) is 0 Å². The molecule has 0 amide bonds. The van der Waals surface area contributed by atoms with Crippen LogP contribution >= 0.6 is 22.9 Å². The molecule has 0 atom stereocenters. The Morgan fingerprint density at radius 2 is 2.22 bits per heavy atom. The molecule has 0 aliphatic carbocycles. The van der Waals surface area contributed by atoms with E-state index in [1.54, 1.807) is 10.7 Å². The van der Waals surface area contributed by atoms with Crippen molar-refractivity contribution in [2.45, 2.75) is 20.0 Å². The highest BCUT2D eigenvalue weighted by molar-refractivity contribution is 7.17. The van der Waals surface area contributed by atoms with Crippen LogP contribution in [0.25, 0.3) is 10.1 Å². The molecule has 1 aromatic carbocycles. The number of ether oxygens (including phenoxy) is 1. The van der Waals surface area contributed by atoms with Crippen molar-refractivity contribution in [3.05, 3.63) is 45.6 Å².